The zero-order chi connectivity index (χ0) is 34.4. The lowest BCUT2D eigenvalue weighted by Crippen LogP contribution is -2.43. The molecule has 0 spiro atoms. The first-order valence-corrected chi connectivity index (χ1v) is 15.5. The number of anilines is 2. The van der Waals surface area contributed by atoms with E-state index in [1.165, 1.54) is 25.3 Å². The molecule has 47 heavy (non-hydrogen) atoms. The van der Waals surface area contributed by atoms with E-state index in [-0.39, 0.29) is 83.2 Å². The number of terminal acetylenes is 1. The first-order chi connectivity index (χ1) is 23.5. The first-order valence-electron chi connectivity index (χ1n) is 16.5. The Balaban J connectivity index is 1.37. The third-order valence-electron chi connectivity index (χ3n) is 9.78. The molecule has 4 fully saturated rings. The Morgan fingerprint density at radius 1 is 1.19 bits per heavy atom. The number of methoxy groups -OCH3 is 1. The molecule has 244 valence electrons. The van der Waals surface area contributed by atoms with Gasteiger partial charge in [0.1, 0.15) is 47.1 Å². The Morgan fingerprint density at radius 2 is 2.04 bits per heavy atom. The summed E-state index contributed by atoms with van der Waals surface area (Å²) in [7, 11) is 1.31. The molecule has 9 nitrogen and oxygen atoms in total. The smallest absolute Gasteiger partial charge is 0.319 e. The van der Waals surface area contributed by atoms with Crippen molar-refractivity contribution in [1.82, 2.24) is 19.9 Å². The molecule has 3 saturated heterocycles. The van der Waals surface area contributed by atoms with Gasteiger partial charge in [0.2, 0.25) is 5.88 Å². The molecule has 0 bridgehead atoms. The number of halogens is 4. The van der Waals surface area contributed by atoms with Gasteiger partial charge in [-0.2, -0.15) is 9.97 Å². The highest BCUT2D eigenvalue weighted by Gasteiger charge is 2.57. The molecule has 8 rings (SSSR count). The summed E-state index contributed by atoms with van der Waals surface area (Å²) in [6, 6.07) is 4.43. The fourth-order valence-corrected chi connectivity index (χ4v) is 7.56. The summed E-state index contributed by atoms with van der Waals surface area (Å²) < 4.78 is 97.3. The minimum Gasteiger partial charge on any atom is -0.480 e. The summed E-state index contributed by atoms with van der Waals surface area (Å²) in [5.41, 5.74) is 4.36. The highest BCUT2D eigenvalue weighted by molar-refractivity contribution is 6.04. The van der Waals surface area contributed by atoms with E-state index >= 15 is 8.78 Å². The van der Waals surface area contributed by atoms with Crippen LogP contribution in [0.1, 0.15) is 27.6 Å². The van der Waals surface area contributed by atoms with Gasteiger partial charge in [-0.25, -0.2) is 22.5 Å². The summed E-state index contributed by atoms with van der Waals surface area (Å²) in [5.74, 6) is 0.0271. The molecule has 1 saturated carbocycles. The molecule has 1 unspecified atom stereocenters. The molecule has 4 aromatic rings. The van der Waals surface area contributed by atoms with Gasteiger partial charge in [-0.05, 0) is 43.0 Å². The van der Waals surface area contributed by atoms with Crippen molar-refractivity contribution in [2.45, 2.75) is 43.2 Å². The quantitative estimate of drug-likeness (QED) is 0.179. The van der Waals surface area contributed by atoms with E-state index in [1.807, 2.05) is 0 Å². The Hall–Kier alpha value is -4.41. The Morgan fingerprint density at radius 3 is 2.85 bits per heavy atom. The molecule has 0 amide bonds. The van der Waals surface area contributed by atoms with Crippen LogP contribution in [0.3, 0.4) is 0 Å². The van der Waals surface area contributed by atoms with Crippen LogP contribution in [0.2, 0.25) is 0 Å². The SMILES string of the molecule is [2H]C([2H])(Oc1nc(N2CCOC[C@@H]3[C@@H](F)[C@@H]32)c2c(OC)nc(-c3cc(N)cc4ccc(F)c(C#C)c34)c(F)c2n1)C12CCCN1C[C@H](F)C2. The molecule has 3 aliphatic heterocycles. The zero-order valence-corrected chi connectivity index (χ0v) is 25.4. The van der Waals surface area contributed by atoms with Crippen LogP contribution in [0.25, 0.3) is 32.9 Å². The number of ether oxygens (including phenoxy) is 3. The lowest BCUT2D eigenvalue weighted by Gasteiger charge is -2.31. The van der Waals surface area contributed by atoms with Crippen molar-refractivity contribution in [3.63, 3.8) is 0 Å². The van der Waals surface area contributed by atoms with Crippen molar-refractivity contribution in [2.75, 3.05) is 57.2 Å². The Kier molecular flexibility index (Phi) is 6.53. The van der Waals surface area contributed by atoms with Crippen LogP contribution in [0.5, 0.6) is 11.9 Å². The van der Waals surface area contributed by atoms with Gasteiger partial charge >= 0.3 is 6.01 Å². The van der Waals surface area contributed by atoms with Gasteiger partial charge in [-0.1, -0.05) is 12.0 Å². The molecule has 2 aromatic carbocycles. The van der Waals surface area contributed by atoms with Crippen LogP contribution in [-0.4, -0.2) is 90.3 Å². The van der Waals surface area contributed by atoms with E-state index in [2.05, 4.69) is 20.9 Å². The van der Waals surface area contributed by atoms with Crippen LogP contribution >= 0.6 is 0 Å². The molecule has 2 aromatic heterocycles. The maximum absolute atomic E-state index is 17.1. The summed E-state index contributed by atoms with van der Waals surface area (Å²) in [6.45, 7) is -1.37. The van der Waals surface area contributed by atoms with E-state index in [1.54, 1.807) is 15.9 Å². The van der Waals surface area contributed by atoms with Crippen molar-refractivity contribution in [3.05, 3.63) is 41.5 Å². The summed E-state index contributed by atoms with van der Waals surface area (Å²) in [4.78, 5) is 16.8. The van der Waals surface area contributed by atoms with Crippen LogP contribution in [0.4, 0.5) is 29.1 Å². The van der Waals surface area contributed by atoms with Gasteiger partial charge < -0.3 is 24.8 Å². The number of nitrogens with zero attached hydrogens (tertiary/aromatic N) is 5. The van der Waals surface area contributed by atoms with Crippen molar-refractivity contribution >= 4 is 33.2 Å². The van der Waals surface area contributed by atoms with Crippen molar-refractivity contribution in [3.8, 4) is 35.5 Å². The van der Waals surface area contributed by atoms with E-state index < -0.39 is 54.0 Å². The van der Waals surface area contributed by atoms with Crippen molar-refractivity contribution in [2.24, 2.45) is 5.92 Å². The fraction of sp³-hybridized carbons (Fsp3) is 0.441. The molecule has 1 aliphatic carbocycles. The van der Waals surface area contributed by atoms with Crippen LogP contribution in [0.15, 0.2) is 24.3 Å². The monoisotopic (exact) mass is 650 g/mol. The third kappa shape index (κ3) is 4.71. The number of aromatic nitrogens is 3. The number of hydrogen-bond acceptors (Lipinski definition) is 9. The van der Waals surface area contributed by atoms with E-state index in [0.717, 1.165) is 0 Å². The first kappa shape index (κ1) is 27.7. The highest BCUT2D eigenvalue weighted by Crippen LogP contribution is 2.47. The number of hydrogen-bond donors (Lipinski definition) is 1. The van der Waals surface area contributed by atoms with Crippen molar-refractivity contribution in [1.29, 1.82) is 0 Å². The predicted molar refractivity (Wildman–Crippen MR) is 168 cm³/mol. The fourth-order valence-electron chi connectivity index (χ4n) is 7.56. The molecular formula is C34H32F4N6O3. The average Bonchev–Trinajstić information content (AvgIpc) is 3.42. The number of nitrogen functional groups attached to an aromatic ring is 1. The molecule has 5 atom stereocenters. The normalized spacial score (nSPS) is 28.0. The second-order valence-corrected chi connectivity index (χ2v) is 12.5. The van der Waals surface area contributed by atoms with Gasteiger partial charge in [0.05, 0.1) is 40.2 Å². The Bertz CT molecular complexity index is 2070. The Labute approximate surface area is 270 Å². The standard InChI is InChI=1S/C34H32F4N6O3/c1-3-20-23(36)6-5-17-11-19(39)12-21(24(17)20)28-27(38)29-25(32(40-28)45-2)31(44-9-10-46-15-22-26(37)30(22)44)42-33(41-29)47-16-34-7-4-8-43(34)14-18(35)13-34/h1,5-6,11-12,18,22,26,30H,4,7-10,13-16,39H2,2H3/t18-,22-,26-,30-,34?/m1/s1/i16D2. The summed E-state index contributed by atoms with van der Waals surface area (Å²) >= 11 is 0. The van der Waals surface area contributed by atoms with Gasteiger partial charge in [0.15, 0.2) is 5.82 Å². The maximum atomic E-state index is 17.1. The van der Waals surface area contributed by atoms with E-state index in [0.29, 0.717) is 24.8 Å². The van der Waals surface area contributed by atoms with Crippen LogP contribution in [-0.2, 0) is 4.74 Å². The van der Waals surface area contributed by atoms with Gasteiger partial charge in [-0.15, -0.1) is 6.42 Å². The molecule has 5 heterocycles. The molecule has 13 heteroatoms. The number of alkyl halides is 2. The number of nitrogens with two attached hydrogens (primary N) is 1. The summed E-state index contributed by atoms with van der Waals surface area (Å²) in [5, 5.41) is 0.602. The minimum absolute atomic E-state index is 0.00890. The summed E-state index contributed by atoms with van der Waals surface area (Å²) in [6.07, 6.45) is 4.08. The lowest BCUT2D eigenvalue weighted by molar-refractivity contribution is 0.107. The van der Waals surface area contributed by atoms with Gasteiger partial charge in [0.25, 0.3) is 0 Å². The van der Waals surface area contributed by atoms with Gasteiger partial charge in [-0.3, -0.25) is 4.90 Å². The molecule has 4 aliphatic rings. The zero-order valence-electron chi connectivity index (χ0n) is 27.4. The second-order valence-electron chi connectivity index (χ2n) is 12.5. The number of pyridine rings is 1. The van der Waals surface area contributed by atoms with Crippen molar-refractivity contribution < 1.29 is 34.5 Å². The molecule has 2 N–H and O–H groups in total. The van der Waals surface area contributed by atoms with Crippen LogP contribution in [0, 0.1) is 29.9 Å². The van der Waals surface area contributed by atoms with E-state index in [9.17, 15) is 8.78 Å². The average molecular weight is 651 g/mol. The number of benzene rings is 2. The minimum atomic E-state index is -2.50. The largest absolute Gasteiger partial charge is 0.480 e. The van der Waals surface area contributed by atoms with Gasteiger partial charge in [0, 0.05) is 42.1 Å². The van der Waals surface area contributed by atoms with Crippen LogP contribution < -0.4 is 20.1 Å². The second kappa shape index (κ2) is 11.1. The molecule has 0 radical (unpaired) electrons. The van der Waals surface area contributed by atoms with E-state index in [4.69, 9.17) is 29.1 Å². The highest BCUT2D eigenvalue weighted by atomic mass is 19.1. The lowest BCUT2D eigenvalue weighted by atomic mass is 9.95. The topological polar surface area (TPSA) is 98.9 Å². The predicted octanol–water partition coefficient (Wildman–Crippen LogP) is 4.82. The molecular weight excluding hydrogens is 616 g/mol. The third-order valence-corrected chi connectivity index (χ3v) is 9.78. The number of fused-ring (bicyclic) bond motifs is 4. The number of rotatable bonds is 6. The maximum Gasteiger partial charge on any atom is 0.319 e.